The Morgan fingerprint density at radius 1 is 1.28 bits per heavy atom. The van der Waals surface area contributed by atoms with Gasteiger partial charge in [-0.25, -0.2) is 0 Å². The number of piperazine rings is 1. The smallest absolute Gasteiger partial charge is 0.254 e. The molecule has 3 N–H and O–H groups in total. The topological polar surface area (TPSA) is 103 Å². The maximum atomic E-state index is 12.6. The molecule has 2 aliphatic rings. The molecule has 0 spiro atoms. The summed E-state index contributed by atoms with van der Waals surface area (Å²) in [5.41, 5.74) is 1.61. The van der Waals surface area contributed by atoms with Crippen LogP contribution in [-0.2, 0) is 22.1 Å². The molecule has 1 saturated carbocycles. The van der Waals surface area contributed by atoms with Gasteiger partial charge in [-0.3, -0.25) is 18.8 Å². The molecular formula is C22H34IN5O3S. The Bertz CT molecular complexity index is 833. The van der Waals surface area contributed by atoms with Gasteiger partial charge in [0.05, 0.1) is 6.54 Å². The van der Waals surface area contributed by atoms with E-state index in [1.54, 1.807) is 24.1 Å². The van der Waals surface area contributed by atoms with Crippen molar-refractivity contribution in [1.82, 2.24) is 20.9 Å². The second-order valence-corrected chi connectivity index (χ2v) is 10.0. The van der Waals surface area contributed by atoms with Crippen molar-refractivity contribution >= 4 is 52.6 Å². The van der Waals surface area contributed by atoms with E-state index in [2.05, 4.69) is 20.9 Å². The number of hydrogen-bond acceptors (Lipinski definition) is 4. The summed E-state index contributed by atoms with van der Waals surface area (Å²) in [6, 6.07) is 7.71. The second-order valence-electron chi connectivity index (χ2n) is 8.00. The zero-order valence-electron chi connectivity index (χ0n) is 18.8. The number of aliphatic imine (C=N–C) groups is 1. The normalized spacial score (nSPS) is 22.4. The molecule has 1 heterocycles. The van der Waals surface area contributed by atoms with Crippen LogP contribution in [0.5, 0.6) is 0 Å². The number of halogens is 1. The highest BCUT2D eigenvalue weighted by atomic mass is 127. The van der Waals surface area contributed by atoms with Gasteiger partial charge in [0, 0.05) is 60.1 Å². The largest absolute Gasteiger partial charge is 0.354 e. The van der Waals surface area contributed by atoms with Crippen LogP contribution in [0.2, 0.25) is 0 Å². The first-order chi connectivity index (χ1) is 15.0. The number of carbonyl (C=O) groups excluding carboxylic acids is 2. The predicted octanol–water partition coefficient (Wildman–Crippen LogP) is 1.62. The molecule has 1 aliphatic carbocycles. The minimum atomic E-state index is -0.748. The van der Waals surface area contributed by atoms with Gasteiger partial charge in [0.2, 0.25) is 5.91 Å². The Hall–Kier alpha value is -1.69. The van der Waals surface area contributed by atoms with Crippen LogP contribution in [0.15, 0.2) is 29.3 Å². The minimum Gasteiger partial charge on any atom is -0.354 e. The molecule has 1 aromatic carbocycles. The number of nitrogens with one attached hydrogen (secondary N) is 3. The average molecular weight is 576 g/mol. The van der Waals surface area contributed by atoms with Crippen LogP contribution in [0.1, 0.15) is 48.5 Å². The number of amides is 2. The van der Waals surface area contributed by atoms with Crippen molar-refractivity contribution in [3.63, 3.8) is 0 Å². The van der Waals surface area contributed by atoms with Crippen LogP contribution in [0, 0.1) is 0 Å². The van der Waals surface area contributed by atoms with E-state index in [9.17, 15) is 13.8 Å². The lowest BCUT2D eigenvalue weighted by Crippen LogP contribution is -2.49. The van der Waals surface area contributed by atoms with Gasteiger partial charge in [0.15, 0.2) is 5.96 Å². The third-order valence-corrected chi connectivity index (χ3v) is 7.57. The molecule has 8 nitrogen and oxygen atoms in total. The molecule has 1 aromatic rings. The molecule has 3 atom stereocenters. The molecule has 3 unspecified atom stereocenters. The van der Waals surface area contributed by atoms with E-state index in [0.717, 1.165) is 37.2 Å². The SMILES string of the molecule is CCS(=O)C1CCCC(NC(=NC)NCc2ccc(C(=O)N3CCNC(=O)C3)cc2)C1.I. The molecule has 1 aliphatic heterocycles. The van der Waals surface area contributed by atoms with Crippen molar-refractivity contribution in [2.75, 3.05) is 32.4 Å². The number of nitrogens with zero attached hydrogens (tertiary/aromatic N) is 2. The van der Waals surface area contributed by atoms with E-state index >= 15 is 0 Å². The fourth-order valence-corrected chi connectivity index (χ4v) is 5.43. The Kier molecular flexibility index (Phi) is 10.9. The summed E-state index contributed by atoms with van der Waals surface area (Å²) in [6.07, 6.45) is 4.09. The summed E-state index contributed by atoms with van der Waals surface area (Å²) >= 11 is 0. The van der Waals surface area contributed by atoms with Crippen LogP contribution < -0.4 is 16.0 Å². The quantitative estimate of drug-likeness (QED) is 0.272. The highest BCUT2D eigenvalue weighted by molar-refractivity contribution is 14.0. The summed E-state index contributed by atoms with van der Waals surface area (Å²) in [6.45, 7) is 3.70. The molecule has 2 fully saturated rings. The highest BCUT2D eigenvalue weighted by Crippen LogP contribution is 2.23. The van der Waals surface area contributed by atoms with Gasteiger partial charge < -0.3 is 20.9 Å². The van der Waals surface area contributed by atoms with E-state index in [0.29, 0.717) is 31.0 Å². The van der Waals surface area contributed by atoms with Gasteiger partial charge in [-0.1, -0.05) is 25.5 Å². The second kappa shape index (κ2) is 13.1. The first-order valence-corrected chi connectivity index (χ1v) is 12.4. The van der Waals surface area contributed by atoms with Gasteiger partial charge in [0.25, 0.3) is 5.91 Å². The number of carbonyl (C=O) groups is 2. The first kappa shape index (κ1) is 26.6. The van der Waals surface area contributed by atoms with Gasteiger partial charge >= 0.3 is 0 Å². The lowest BCUT2D eigenvalue weighted by atomic mass is 9.95. The van der Waals surface area contributed by atoms with Crippen LogP contribution in [0.25, 0.3) is 0 Å². The summed E-state index contributed by atoms with van der Waals surface area (Å²) < 4.78 is 12.2. The lowest BCUT2D eigenvalue weighted by molar-refractivity contribution is -0.123. The fourth-order valence-electron chi connectivity index (χ4n) is 4.08. The van der Waals surface area contributed by atoms with Crippen molar-refractivity contribution in [2.24, 2.45) is 4.99 Å². The maximum Gasteiger partial charge on any atom is 0.254 e. The molecule has 10 heteroatoms. The molecule has 0 radical (unpaired) electrons. The van der Waals surface area contributed by atoms with Crippen molar-refractivity contribution in [3.05, 3.63) is 35.4 Å². The third-order valence-electron chi connectivity index (χ3n) is 5.83. The lowest BCUT2D eigenvalue weighted by Gasteiger charge is -2.30. The first-order valence-electron chi connectivity index (χ1n) is 11.0. The van der Waals surface area contributed by atoms with E-state index in [1.807, 2.05) is 19.1 Å². The zero-order valence-corrected chi connectivity index (χ0v) is 21.9. The number of guanidine groups is 1. The van der Waals surface area contributed by atoms with Crippen molar-refractivity contribution < 1.29 is 13.8 Å². The van der Waals surface area contributed by atoms with Crippen LogP contribution >= 0.6 is 24.0 Å². The van der Waals surface area contributed by atoms with E-state index in [-0.39, 0.29) is 53.6 Å². The summed E-state index contributed by atoms with van der Waals surface area (Å²) in [5, 5.41) is 9.79. The molecule has 0 aromatic heterocycles. The summed E-state index contributed by atoms with van der Waals surface area (Å²) in [5.74, 6) is 1.20. The molecule has 178 valence electrons. The van der Waals surface area contributed by atoms with Crippen molar-refractivity contribution in [1.29, 1.82) is 0 Å². The van der Waals surface area contributed by atoms with Crippen molar-refractivity contribution in [2.45, 2.75) is 50.4 Å². The van der Waals surface area contributed by atoms with E-state index < -0.39 is 10.8 Å². The molecule has 1 saturated heterocycles. The van der Waals surface area contributed by atoms with Crippen LogP contribution in [0.3, 0.4) is 0 Å². The van der Waals surface area contributed by atoms with Gasteiger partial charge in [0.1, 0.15) is 0 Å². The van der Waals surface area contributed by atoms with Gasteiger partial charge in [-0.05, 0) is 37.0 Å². The summed E-state index contributed by atoms with van der Waals surface area (Å²) in [7, 11) is 0.998. The van der Waals surface area contributed by atoms with Crippen LogP contribution in [-0.4, -0.2) is 70.6 Å². The zero-order chi connectivity index (χ0) is 22.2. The fraction of sp³-hybridized carbons (Fsp3) is 0.591. The van der Waals surface area contributed by atoms with Crippen LogP contribution in [0.4, 0.5) is 0 Å². The number of hydrogen-bond donors (Lipinski definition) is 3. The minimum absolute atomic E-state index is 0. The molecule has 0 bridgehead atoms. The van der Waals surface area contributed by atoms with E-state index in [4.69, 9.17) is 0 Å². The third kappa shape index (κ3) is 7.43. The maximum absolute atomic E-state index is 12.6. The molecule has 2 amide bonds. The average Bonchev–Trinajstić information content (AvgIpc) is 2.81. The Morgan fingerprint density at radius 2 is 2.03 bits per heavy atom. The van der Waals surface area contributed by atoms with Gasteiger partial charge in [-0.15, -0.1) is 24.0 Å². The monoisotopic (exact) mass is 575 g/mol. The predicted molar refractivity (Wildman–Crippen MR) is 139 cm³/mol. The van der Waals surface area contributed by atoms with E-state index in [1.165, 1.54) is 0 Å². The molecule has 32 heavy (non-hydrogen) atoms. The molecular weight excluding hydrogens is 541 g/mol. The summed E-state index contributed by atoms with van der Waals surface area (Å²) in [4.78, 5) is 30.0. The standard InChI is InChI=1S/C22H33N5O3S.HI/c1-3-31(30)19-6-4-5-18(13-19)26-22(23-2)25-14-16-7-9-17(10-8-16)21(29)27-12-11-24-20(28)15-27;/h7-10,18-19H,3-6,11-15H2,1-2H3,(H,24,28)(H2,23,25,26);1H. The Balaban J connectivity index is 0.00000363. The highest BCUT2D eigenvalue weighted by Gasteiger charge is 2.26. The number of rotatable bonds is 6. The number of benzene rings is 1. The molecule has 3 rings (SSSR count). The van der Waals surface area contributed by atoms with Gasteiger partial charge in [-0.2, -0.15) is 0 Å². The Labute approximate surface area is 209 Å². The van der Waals surface area contributed by atoms with Crippen molar-refractivity contribution in [3.8, 4) is 0 Å². The Morgan fingerprint density at radius 3 is 2.69 bits per heavy atom.